The van der Waals surface area contributed by atoms with Crippen molar-refractivity contribution in [3.63, 3.8) is 0 Å². The summed E-state index contributed by atoms with van der Waals surface area (Å²) in [5.74, 6) is -1.31. The molecule has 2 aromatic rings. The Bertz CT molecular complexity index is 928. The minimum atomic E-state index is -1.08. The molecule has 0 aliphatic heterocycles. The van der Waals surface area contributed by atoms with Crippen molar-refractivity contribution in [1.82, 2.24) is 5.32 Å². The van der Waals surface area contributed by atoms with E-state index in [9.17, 15) is 19.5 Å². The standard InChI is InChI=1S/C23H23NO4/c1-2-18(25)13-15-9-11-16(12-10-15)14-21(23(27)28)24-22(26)20-8-4-6-17-5-3-7-19(17)20/h3-4,6-12,21H,2,5,13-14H2,1H3,(H,24,26)(H,27,28)/t21-/m0/s1. The molecular weight excluding hydrogens is 354 g/mol. The summed E-state index contributed by atoms with van der Waals surface area (Å²) in [4.78, 5) is 35.9. The summed E-state index contributed by atoms with van der Waals surface area (Å²) >= 11 is 0. The van der Waals surface area contributed by atoms with Crippen LogP contribution in [0.15, 0.2) is 48.5 Å². The number of nitrogens with one attached hydrogen (secondary N) is 1. The lowest BCUT2D eigenvalue weighted by Crippen LogP contribution is -2.42. The van der Waals surface area contributed by atoms with E-state index in [1.54, 1.807) is 6.07 Å². The number of carboxylic acid groups (broad SMARTS) is 1. The number of benzene rings is 2. The molecule has 0 aromatic heterocycles. The Morgan fingerprint density at radius 1 is 1.07 bits per heavy atom. The Hall–Kier alpha value is -3.21. The maximum atomic E-state index is 12.7. The van der Waals surface area contributed by atoms with Crippen molar-refractivity contribution >= 4 is 23.7 Å². The molecule has 1 aliphatic carbocycles. The van der Waals surface area contributed by atoms with Gasteiger partial charge >= 0.3 is 5.97 Å². The van der Waals surface area contributed by atoms with E-state index in [1.807, 2.05) is 55.5 Å². The molecule has 0 bridgehead atoms. The summed E-state index contributed by atoms with van der Waals surface area (Å²) in [5.41, 5.74) is 4.11. The fourth-order valence-electron chi connectivity index (χ4n) is 3.31. The molecule has 1 amide bonds. The third-order valence-electron chi connectivity index (χ3n) is 4.93. The van der Waals surface area contributed by atoms with E-state index in [0.717, 1.165) is 28.7 Å². The van der Waals surface area contributed by atoms with E-state index >= 15 is 0 Å². The van der Waals surface area contributed by atoms with Gasteiger partial charge < -0.3 is 10.4 Å². The van der Waals surface area contributed by atoms with Gasteiger partial charge in [0.1, 0.15) is 11.8 Å². The van der Waals surface area contributed by atoms with Gasteiger partial charge in [-0.05, 0) is 34.7 Å². The van der Waals surface area contributed by atoms with E-state index < -0.39 is 12.0 Å². The van der Waals surface area contributed by atoms with Crippen LogP contribution in [0.3, 0.4) is 0 Å². The predicted molar refractivity (Wildman–Crippen MR) is 107 cm³/mol. The smallest absolute Gasteiger partial charge is 0.326 e. The van der Waals surface area contributed by atoms with Crippen LogP contribution in [0.2, 0.25) is 0 Å². The second-order valence-corrected chi connectivity index (χ2v) is 6.94. The molecule has 1 atom stereocenters. The van der Waals surface area contributed by atoms with Crippen molar-refractivity contribution in [2.45, 2.75) is 38.6 Å². The average Bonchev–Trinajstić information content (AvgIpc) is 3.17. The number of carbonyl (C=O) groups is 3. The molecular formula is C23H23NO4. The molecule has 3 rings (SSSR count). The average molecular weight is 377 g/mol. The Morgan fingerprint density at radius 2 is 1.79 bits per heavy atom. The van der Waals surface area contributed by atoms with Crippen molar-refractivity contribution in [3.8, 4) is 0 Å². The first kappa shape index (κ1) is 19.5. The molecule has 0 spiro atoms. The van der Waals surface area contributed by atoms with Crippen molar-refractivity contribution in [3.05, 3.63) is 76.4 Å². The molecule has 0 saturated carbocycles. The van der Waals surface area contributed by atoms with Gasteiger partial charge in [0, 0.05) is 24.8 Å². The van der Waals surface area contributed by atoms with Crippen LogP contribution in [0, 0.1) is 0 Å². The van der Waals surface area contributed by atoms with Gasteiger partial charge in [-0.15, -0.1) is 0 Å². The minimum Gasteiger partial charge on any atom is -0.480 e. The monoisotopic (exact) mass is 377 g/mol. The van der Waals surface area contributed by atoms with Gasteiger partial charge in [-0.2, -0.15) is 0 Å². The molecule has 144 valence electrons. The highest BCUT2D eigenvalue weighted by Gasteiger charge is 2.23. The van der Waals surface area contributed by atoms with Crippen LogP contribution in [0.4, 0.5) is 0 Å². The van der Waals surface area contributed by atoms with Crippen LogP contribution in [-0.2, 0) is 28.9 Å². The van der Waals surface area contributed by atoms with Gasteiger partial charge in [0.2, 0.25) is 0 Å². The molecule has 0 unspecified atom stereocenters. The fraction of sp³-hybridized carbons (Fsp3) is 0.261. The van der Waals surface area contributed by atoms with Crippen molar-refractivity contribution in [2.24, 2.45) is 0 Å². The van der Waals surface area contributed by atoms with E-state index in [2.05, 4.69) is 5.32 Å². The maximum Gasteiger partial charge on any atom is 0.326 e. The van der Waals surface area contributed by atoms with Crippen LogP contribution >= 0.6 is 0 Å². The number of amides is 1. The highest BCUT2D eigenvalue weighted by atomic mass is 16.4. The highest BCUT2D eigenvalue weighted by molar-refractivity contribution is 6.00. The van der Waals surface area contributed by atoms with Gasteiger partial charge in [0.25, 0.3) is 5.91 Å². The van der Waals surface area contributed by atoms with E-state index in [1.165, 1.54) is 0 Å². The second-order valence-electron chi connectivity index (χ2n) is 6.94. The number of hydrogen-bond donors (Lipinski definition) is 2. The zero-order chi connectivity index (χ0) is 20.1. The summed E-state index contributed by atoms with van der Waals surface area (Å²) in [6.45, 7) is 1.83. The molecule has 1 aliphatic rings. The number of hydrogen-bond acceptors (Lipinski definition) is 3. The lowest BCUT2D eigenvalue weighted by Gasteiger charge is -2.16. The molecule has 5 heteroatoms. The molecule has 2 aromatic carbocycles. The quantitative estimate of drug-likeness (QED) is 0.740. The zero-order valence-electron chi connectivity index (χ0n) is 15.8. The summed E-state index contributed by atoms with van der Waals surface area (Å²) < 4.78 is 0. The molecule has 5 nitrogen and oxygen atoms in total. The summed E-state index contributed by atoms with van der Waals surface area (Å²) in [7, 11) is 0. The highest BCUT2D eigenvalue weighted by Crippen LogP contribution is 2.23. The van der Waals surface area contributed by atoms with Crippen LogP contribution in [0.25, 0.3) is 6.08 Å². The molecule has 0 saturated heterocycles. The van der Waals surface area contributed by atoms with E-state index in [0.29, 0.717) is 18.4 Å². The van der Waals surface area contributed by atoms with Crippen LogP contribution in [-0.4, -0.2) is 28.8 Å². The van der Waals surface area contributed by atoms with Gasteiger partial charge in [-0.1, -0.05) is 55.5 Å². The second kappa shape index (κ2) is 8.65. The van der Waals surface area contributed by atoms with Gasteiger partial charge in [-0.25, -0.2) is 4.79 Å². The zero-order valence-corrected chi connectivity index (χ0v) is 15.8. The van der Waals surface area contributed by atoms with Crippen molar-refractivity contribution < 1.29 is 19.5 Å². The number of ketones is 1. The first-order valence-corrected chi connectivity index (χ1v) is 9.39. The number of Topliss-reactive ketones (excluding diaryl/α,β-unsaturated/α-hetero) is 1. The molecule has 28 heavy (non-hydrogen) atoms. The minimum absolute atomic E-state index is 0.160. The van der Waals surface area contributed by atoms with Gasteiger partial charge in [-0.3, -0.25) is 9.59 Å². The molecule has 0 radical (unpaired) electrons. The number of fused-ring (bicyclic) bond motifs is 1. The Kier molecular flexibility index (Phi) is 6.04. The number of rotatable bonds is 8. The Morgan fingerprint density at radius 3 is 2.46 bits per heavy atom. The third-order valence-corrected chi connectivity index (χ3v) is 4.93. The predicted octanol–water partition coefficient (Wildman–Crippen LogP) is 3.20. The topological polar surface area (TPSA) is 83.5 Å². The van der Waals surface area contributed by atoms with Crippen molar-refractivity contribution in [2.75, 3.05) is 0 Å². The first-order valence-electron chi connectivity index (χ1n) is 9.39. The number of allylic oxidation sites excluding steroid dienone is 1. The summed E-state index contributed by atoms with van der Waals surface area (Å²) in [6, 6.07) is 11.7. The SMILES string of the molecule is CCC(=O)Cc1ccc(C[C@H](NC(=O)c2cccc3c2C=CC3)C(=O)O)cc1. The Balaban J connectivity index is 1.70. The van der Waals surface area contributed by atoms with Gasteiger partial charge in [0.15, 0.2) is 0 Å². The number of carboxylic acids is 1. The summed E-state index contributed by atoms with van der Waals surface area (Å²) in [6.07, 6.45) is 5.71. The van der Waals surface area contributed by atoms with E-state index in [4.69, 9.17) is 0 Å². The van der Waals surface area contributed by atoms with Crippen LogP contribution in [0.5, 0.6) is 0 Å². The normalized spacial score (nSPS) is 13.0. The molecule has 0 heterocycles. The third kappa shape index (κ3) is 4.55. The van der Waals surface area contributed by atoms with Crippen molar-refractivity contribution in [1.29, 1.82) is 0 Å². The number of carbonyl (C=O) groups excluding carboxylic acids is 2. The maximum absolute atomic E-state index is 12.7. The molecule has 2 N–H and O–H groups in total. The lowest BCUT2D eigenvalue weighted by molar-refractivity contribution is -0.139. The van der Waals surface area contributed by atoms with Crippen LogP contribution < -0.4 is 5.32 Å². The first-order chi connectivity index (χ1) is 13.5. The van der Waals surface area contributed by atoms with E-state index in [-0.39, 0.29) is 18.1 Å². The van der Waals surface area contributed by atoms with Crippen LogP contribution in [0.1, 0.15) is 46.0 Å². The Labute approximate surface area is 164 Å². The largest absolute Gasteiger partial charge is 0.480 e. The molecule has 0 fully saturated rings. The fourth-order valence-corrected chi connectivity index (χ4v) is 3.31. The van der Waals surface area contributed by atoms with Gasteiger partial charge in [0.05, 0.1) is 0 Å². The number of aliphatic carboxylic acids is 1. The lowest BCUT2D eigenvalue weighted by atomic mass is 10.00. The summed E-state index contributed by atoms with van der Waals surface area (Å²) in [5, 5.41) is 12.2.